The van der Waals surface area contributed by atoms with Crippen LogP contribution in [0, 0.1) is 0 Å². The minimum absolute atomic E-state index is 0.0563. The lowest BCUT2D eigenvalue weighted by molar-refractivity contribution is -0.123. The molecule has 14 nitrogen and oxygen atoms in total. The van der Waals surface area contributed by atoms with Gasteiger partial charge in [-0.1, -0.05) is 6.07 Å². The van der Waals surface area contributed by atoms with Crippen molar-refractivity contribution >= 4 is 35.2 Å². The summed E-state index contributed by atoms with van der Waals surface area (Å²) in [4.78, 5) is 64.6. The van der Waals surface area contributed by atoms with E-state index in [4.69, 9.17) is 9.84 Å². The normalized spacial score (nSPS) is 17.3. The number of aromatic carboxylic acids is 1. The second kappa shape index (κ2) is 11.3. The quantitative estimate of drug-likeness (QED) is 0.180. The summed E-state index contributed by atoms with van der Waals surface area (Å²) >= 11 is 1.05. The fourth-order valence-electron chi connectivity index (χ4n) is 3.90. The Kier molecular flexibility index (Phi) is 7.92. The first kappa shape index (κ1) is 27.3. The number of benzene rings is 2. The van der Waals surface area contributed by atoms with Crippen LogP contribution in [0.1, 0.15) is 33.9 Å². The van der Waals surface area contributed by atoms with E-state index in [1.165, 1.54) is 49.6 Å². The minimum atomic E-state index is -1.10. The highest BCUT2D eigenvalue weighted by Gasteiger charge is 2.37. The van der Waals surface area contributed by atoms with Gasteiger partial charge in [0.1, 0.15) is 5.50 Å². The van der Waals surface area contributed by atoms with Gasteiger partial charge in [-0.25, -0.2) is 9.59 Å². The number of hydrogen-bond acceptors (Lipinski definition) is 10. The van der Waals surface area contributed by atoms with Crippen LogP contribution in [0.4, 0.5) is 5.69 Å². The molecule has 1 aliphatic heterocycles. The number of nitrogens with one attached hydrogen (secondary N) is 5. The lowest BCUT2D eigenvalue weighted by Gasteiger charge is -2.23. The zero-order valence-corrected chi connectivity index (χ0v) is 21.0. The van der Waals surface area contributed by atoms with Gasteiger partial charge in [0.2, 0.25) is 17.7 Å². The Balaban J connectivity index is 1.52. The maximum atomic E-state index is 12.6. The Morgan fingerprint density at radius 1 is 1.08 bits per heavy atom. The Bertz CT molecular complexity index is 1540. The molecule has 4 rings (SSSR count). The van der Waals surface area contributed by atoms with Crippen molar-refractivity contribution in [1.82, 2.24) is 20.6 Å². The minimum Gasteiger partial charge on any atom is -0.504 e. The maximum absolute atomic E-state index is 12.6. The third-order valence-corrected chi connectivity index (χ3v) is 6.99. The number of aromatic nitrogens is 2. The first-order valence-electron chi connectivity index (χ1n) is 11.3. The van der Waals surface area contributed by atoms with E-state index in [0.29, 0.717) is 11.3 Å². The van der Waals surface area contributed by atoms with Gasteiger partial charge in [0.15, 0.2) is 11.5 Å². The molecule has 1 aromatic heterocycles. The summed E-state index contributed by atoms with van der Waals surface area (Å²) in [5.74, 6) is -2.85. The molecule has 15 heteroatoms. The average Bonchev–Trinajstić information content (AvgIpc) is 3.21. The SMILES string of the molecule is COc1cc(C(NC2NC(=O)C(CC(=O)Nc3ccc(C(=O)O)cc3)S2)c2c(O)[nH]c(=O)[nH]c2=O)ccc1O. The van der Waals surface area contributed by atoms with E-state index in [1.807, 2.05) is 4.98 Å². The van der Waals surface area contributed by atoms with Gasteiger partial charge in [-0.15, -0.1) is 11.8 Å². The van der Waals surface area contributed by atoms with Crippen LogP contribution in [-0.2, 0) is 9.59 Å². The number of carbonyl (C=O) groups excluding carboxylic acids is 2. The number of carbonyl (C=O) groups is 3. The number of methoxy groups -OCH3 is 1. The lowest BCUT2D eigenvalue weighted by Crippen LogP contribution is -2.42. The van der Waals surface area contributed by atoms with E-state index >= 15 is 0 Å². The predicted molar refractivity (Wildman–Crippen MR) is 139 cm³/mol. The van der Waals surface area contributed by atoms with Gasteiger partial charge in [-0.05, 0) is 42.0 Å². The number of hydrogen-bond donors (Lipinski definition) is 8. The molecule has 204 valence electrons. The third-order valence-electron chi connectivity index (χ3n) is 5.76. The number of phenolic OH excluding ortho intramolecular Hbond substituents is 1. The summed E-state index contributed by atoms with van der Waals surface area (Å²) < 4.78 is 5.13. The van der Waals surface area contributed by atoms with Crippen molar-refractivity contribution in [2.24, 2.45) is 0 Å². The molecule has 3 unspecified atom stereocenters. The Labute approximate surface area is 223 Å². The van der Waals surface area contributed by atoms with Crippen molar-refractivity contribution in [2.75, 3.05) is 12.4 Å². The van der Waals surface area contributed by atoms with Crippen LogP contribution in [0.5, 0.6) is 17.4 Å². The van der Waals surface area contributed by atoms with E-state index < -0.39 is 51.7 Å². The van der Waals surface area contributed by atoms with E-state index in [0.717, 1.165) is 11.8 Å². The highest BCUT2D eigenvalue weighted by atomic mass is 32.2. The number of H-pyrrole nitrogens is 2. The van der Waals surface area contributed by atoms with Crippen molar-refractivity contribution in [3.63, 3.8) is 0 Å². The molecule has 3 aromatic rings. The third kappa shape index (κ3) is 6.22. The number of aromatic amines is 2. The summed E-state index contributed by atoms with van der Waals surface area (Å²) in [6, 6.07) is 8.62. The fourth-order valence-corrected chi connectivity index (χ4v) is 5.07. The van der Waals surface area contributed by atoms with Gasteiger partial charge in [-0.2, -0.15) is 0 Å². The number of anilines is 1. The molecule has 2 heterocycles. The van der Waals surface area contributed by atoms with Crippen molar-refractivity contribution < 1.29 is 34.4 Å². The number of carboxylic acids is 1. The summed E-state index contributed by atoms with van der Waals surface area (Å²) in [5.41, 5.74) is -2.14. The number of carboxylic acid groups (broad SMARTS) is 1. The zero-order chi connectivity index (χ0) is 28.3. The highest BCUT2D eigenvalue weighted by molar-refractivity contribution is 8.01. The van der Waals surface area contributed by atoms with Crippen LogP contribution in [0.15, 0.2) is 52.1 Å². The Morgan fingerprint density at radius 3 is 2.44 bits per heavy atom. The Hall–Kier alpha value is -4.76. The van der Waals surface area contributed by atoms with Crippen LogP contribution >= 0.6 is 11.8 Å². The van der Waals surface area contributed by atoms with E-state index in [-0.39, 0.29) is 29.0 Å². The van der Waals surface area contributed by atoms with Crippen LogP contribution < -0.4 is 31.9 Å². The molecule has 8 N–H and O–H groups in total. The maximum Gasteiger partial charge on any atom is 0.335 e. The zero-order valence-electron chi connectivity index (χ0n) is 20.2. The van der Waals surface area contributed by atoms with Crippen LogP contribution in [0.3, 0.4) is 0 Å². The van der Waals surface area contributed by atoms with Crippen LogP contribution in [0.2, 0.25) is 0 Å². The van der Waals surface area contributed by atoms with Gasteiger partial charge < -0.3 is 30.7 Å². The number of phenols is 1. The monoisotopic (exact) mass is 557 g/mol. The molecule has 2 amide bonds. The van der Waals surface area contributed by atoms with Crippen molar-refractivity contribution in [3.8, 4) is 17.4 Å². The molecular weight excluding hydrogens is 534 g/mol. The lowest BCUT2D eigenvalue weighted by atomic mass is 10.00. The Morgan fingerprint density at radius 2 is 1.79 bits per heavy atom. The van der Waals surface area contributed by atoms with Crippen molar-refractivity contribution in [3.05, 3.63) is 80.0 Å². The smallest absolute Gasteiger partial charge is 0.335 e. The standard InChI is InChI=1S/C24H23N5O9S/c1-38-14-8-11(4-7-13(14)30)18(17-20(33)27-23(37)28-21(17)34)26-24-29-19(32)15(39-24)9-16(31)25-12-5-2-10(3-6-12)22(35)36/h2-8,15,18,24,26,30H,9H2,1H3,(H,25,31)(H,29,32)(H,35,36)(H3,27,28,33,34,37). The van der Waals surface area contributed by atoms with Gasteiger partial charge in [0, 0.05) is 12.1 Å². The van der Waals surface area contributed by atoms with E-state index in [1.54, 1.807) is 0 Å². The highest BCUT2D eigenvalue weighted by Crippen LogP contribution is 2.34. The number of aromatic hydroxyl groups is 2. The molecule has 2 aromatic carbocycles. The van der Waals surface area contributed by atoms with Gasteiger partial charge in [-0.3, -0.25) is 29.7 Å². The van der Waals surface area contributed by atoms with Crippen LogP contribution in [0.25, 0.3) is 0 Å². The van der Waals surface area contributed by atoms with Crippen molar-refractivity contribution in [2.45, 2.75) is 23.2 Å². The second-order valence-corrected chi connectivity index (χ2v) is 9.66. The second-order valence-electron chi connectivity index (χ2n) is 8.35. The van der Waals surface area contributed by atoms with Gasteiger partial charge >= 0.3 is 11.7 Å². The molecule has 0 spiro atoms. The predicted octanol–water partition coefficient (Wildman–Crippen LogP) is 0.404. The van der Waals surface area contributed by atoms with Crippen molar-refractivity contribution in [1.29, 1.82) is 0 Å². The molecule has 0 bridgehead atoms. The molecule has 39 heavy (non-hydrogen) atoms. The number of ether oxygens (including phenoxy) is 1. The van der Waals surface area contributed by atoms with Gasteiger partial charge in [0.25, 0.3) is 5.56 Å². The molecule has 0 radical (unpaired) electrons. The first-order chi connectivity index (χ1) is 18.5. The summed E-state index contributed by atoms with van der Waals surface area (Å²) in [5, 5.41) is 36.8. The van der Waals surface area contributed by atoms with Gasteiger partial charge in [0.05, 0.1) is 29.5 Å². The molecule has 0 saturated carbocycles. The summed E-state index contributed by atoms with van der Waals surface area (Å²) in [6.07, 6.45) is -0.211. The molecule has 1 aliphatic rings. The molecule has 1 fully saturated rings. The molecule has 0 aliphatic carbocycles. The fraction of sp³-hybridized carbons (Fsp3) is 0.208. The number of rotatable bonds is 9. The topological polar surface area (TPSA) is 223 Å². The largest absolute Gasteiger partial charge is 0.504 e. The van der Waals surface area contributed by atoms with E-state index in [2.05, 4.69) is 20.9 Å². The average molecular weight is 558 g/mol. The molecule has 3 atom stereocenters. The number of thioether (sulfide) groups is 1. The van der Waals surface area contributed by atoms with Crippen LogP contribution in [-0.4, -0.2) is 60.9 Å². The van der Waals surface area contributed by atoms with E-state index in [9.17, 15) is 34.2 Å². The molecular formula is C24H23N5O9S. The molecule has 1 saturated heterocycles. The summed E-state index contributed by atoms with van der Waals surface area (Å²) in [6.45, 7) is 0. The summed E-state index contributed by atoms with van der Waals surface area (Å²) in [7, 11) is 1.33. The number of amides is 2. The first-order valence-corrected chi connectivity index (χ1v) is 12.3.